The third kappa shape index (κ3) is 2.26. The van der Waals surface area contributed by atoms with Gasteiger partial charge in [-0.25, -0.2) is 0 Å². The first-order valence-corrected chi connectivity index (χ1v) is 7.26. The van der Waals surface area contributed by atoms with Gasteiger partial charge in [-0.15, -0.1) is 0 Å². The van der Waals surface area contributed by atoms with Crippen molar-refractivity contribution in [2.75, 3.05) is 19.7 Å². The summed E-state index contributed by atoms with van der Waals surface area (Å²) in [6, 6.07) is 4.42. The van der Waals surface area contributed by atoms with Crippen LogP contribution in [0.2, 0.25) is 0 Å². The monoisotopic (exact) mass is 261 g/mol. The normalized spacial score (nSPS) is 29.3. The van der Waals surface area contributed by atoms with Crippen LogP contribution in [-0.2, 0) is 4.74 Å². The van der Waals surface area contributed by atoms with Gasteiger partial charge in [0.25, 0.3) is 0 Å². The standard InChI is InChI=1S/C16H23NO2/c1-4-18-14-9-16(5-6-17-10-16)19-15-12(3)7-11(2)8-13(14)15/h7-8,14,17H,4-6,9-10H2,1-3H3. The van der Waals surface area contributed by atoms with Crippen LogP contribution >= 0.6 is 0 Å². The lowest BCUT2D eigenvalue weighted by Crippen LogP contribution is -2.43. The summed E-state index contributed by atoms with van der Waals surface area (Å²) >= 11 is 0. The van der Waals surface area contributed by atoms with Gasteiger partial charge in [-0.05, 0) is 38.9 Å². The maximum atomic E-state index is 6.40. The number of hydrogen-bond donors (Lipinski definition) is 1. The smallest absolute Gasteiger partial charge is 0.128 e. The van der Waals surface area contributed by atoms with E-state index in [1.807, 2.05) is 0 Å². The molecular weight excluding hydrogens is 238 g/mol. The van der Waals surface area contributed by atoms with Crippen molar-refractivity contribution < 1.29 is 9.47 Å². The molecule has 3 rings (SSSR count). The van der Waals surface area contributed by atoms with E-state index in [-0.39, 0.29) is 11.7 Å². The minimum Gasteiger partial charge on any atom is -0.485 e. The van der Waals surface area contributed by atoms with Crippen LogP contribution in [0.1, 0.15) is 42.6 Å². The van der Waals surface area contributed by atoms with Gasteiger partial charge in [0.2, 0.25) is 0 Å². The molecule has 2 heterocycles. The Bertz CT molecular complexity index is 478. The molecule has 104 valence electrons. The Morgan fingerprint density at radius 3 is 2.95 bits per heavy atom. The maximum absolute atomic E-state index is 6.40. The molecule has 3 nitrogen and oxygen atoms in total. The van der Waals surface area contributed by atoms with Crippen LogP contribution < -0.4 is 10.1 Å². The van der Waals surface area contributed by atoms with Crippen LogP contribution in [0.4, 0.5) is 0 Å². The zero-order valence-corrected chi connectivity index (χ0v) is 12.1. The predicted octanol–water partition coefficient (Wildman–Crippen LogP) is 2.90. The predicted molar refractivity (Wildman–Crippen MR) is 75.7 cm³/mol. The quantitative estimate of drug-likeness (QED) is 0.888. The van der Waals surface area contributed by atoms with Crippen LogP contribution in [0, 0.1) is 13.8 Å². The third-order valence-corrected chi connectivity index (χ3v) is 4.24. The Morgan fingerprint density at radius 1 is 1.42 bits per heavy atom. The lowest BCUT2D eigenvalue weighted by Gasteiger charge is -2.40. The Hall–Kier alpha value is -1.06. The van der Waals surface area contributed by atoms with E-state index in [9.17, 15) is 0 Å². The molecule has 2 aliphatic rings. The first kappa shape index (κ1) is 12.9. The summed E-state index contributed by atoms with van der Waals surface area (Å²) in [6.45, 7) is 9.06. The summed E-state index contributed by atoms with van der Waals surface area (Å²) in [5.41, 5.74) is 3.68. The van der Waals surface area contributed by atoms with E-state index < -0.39 is 0 Å². The minimum atomic E-state index is -0.0626. The molecule has 1 N–H and O–H groups in total. The van der Waals surface area contributed by atoms with Gasteiger partial charge in [0.1, 0.15) is 11.4 Å². The highest BCUT2D eigenvalue weighted by molar-refractivity contribution is 5.47. The van der Waals surface area contributed by atoms with E-state index in [1.165, 1.54) is 16.7 Å². The van der Waals surface area contributed by atoms with Crippen LogP contribution in [-0.4, -0.2) is 25.3 Å². The summed E-state index contributed by atoms with van der Waals surface area (Å²) in [5, 5.41) is 3.43. The molecule has 1 saturated heterocycles. The molecule has 1 aromatic carbocycles. The molecule has 19 heavy (non-hydrogen) atoms. The number of nitrogens with one attached hydrogen (secondary N) is 1. The van der Waals surface area contributed by atoms with Gasteiger partial charge < -0.3 is 14.8 Å². The number of benzene rings is 1. The zero-order valence-electron chi connectivity index (χ0n) is 12.1. The van der Waals surface area contributed by atoms with E-state index in [2.05, 4.69) is 38.2 Å². The first-order chi connectivity index (χ1) is 9.13. The Balaban J connectivity index is 2.03. The number of rotatable bonds is 2. The van der Waals surface area contributed by atoms with Crippen molar-refractivity contribution in [2.24, 2.45) is 0 Å². The fourth-order valence-electron chi connectivity index (χ4n) is 3.40. The van der Waals surface area contributed by atoms with Crippen molar-refractivity contribution >= 4 is 0 Å². The minimum absolute atomic E-state index is 0.0626. The van der Waals surface area contributed by atoms with Gasteiger partial charge in [-0.3, -0.25) is 0 Å². The second kappa shape index (κ2) is 4.80. The van der Waals surface area contributed by atoms with Crippen molar-refractivity contribution in [2.45, 2.75) is 45.3 Å². The van der Waals surface area contributed by atoms with Crippen molar-refractivity contribution in [3.63, 3.8) is 0 Å². The molecule has 1 fully saturated rings. The van der Waals surface area contributed by atoms with E-state index in [0.29, 0.717) is 0 Å². The molecular formula is C16H23NO2. The molecule has 0 saturated carbocycles. The molecule has 0 aromatic heterocycles. The van der Waals surface area contributed by atoms with Gasteiger partial charge in [0.05, 0.1) is 6.10 Å². The van der Waals surface area contributed by atoms with Crippen LogP contribution in [0.3, 0.4) is 0 Å². The molecule has 1 spiro atoms. The SMILES string of the molecule is CCOC1CC2(CCNC2)Oc2c(C)cc(C)cc21. The zero-order chi connectivity index (χ0) is 13.5. The van der Waals surface area contributed by atoms with E-state index in [0.717, 1.165) is 38.3 Å². The molecule has 0 aliphatic carbocycles. The van der Waals surface area contributed by atoms with E-state index in [1.54, 1.807) is 0 Å². The number of hydrogen-bond acceptors (Lipinski definition) is 3. The van der Waals surface area contributed by atoms with Crippen molar-refractivity contribution in [1.82, 2.24) is 5.32 Å². The molecule has 3 heteroatoms. The summed E-state index contributed by atoms with van der Waals surface area (Å²) in [5.74, 6) is 1.05. The van der Waals surface area contributed by atoms with Crippen molar-refractivity contribution in [3.8, 4) is 5.75 Å². The highest BCUT2D eigenvalue weighted by atomic mass is 16.5. The van der Waals surface area contributed by atoms with E-state index in [4.69, 9.17) is 9.47 Å². The van der Waals surface area contributed by atoms with Crippen LogP contribution in [0.25, 0.3) is 0 Å². The highest BCUT2D eigenvalue weighted by Gasteiger charge is 2.44. The van der Waals surface area contributed by atoms with Gasteiger partial charge in [-0.2, -0.15) is 0 Å². The molecule has 2 aliphatic heterocycles. The second-order valence-electron chi connectivity index (χ2n) is 5.86. The molecule has 0 radical (unpaired) electrons. The number of ether oxygens (including phenoxy) is 2. The van der Waals surface area contributed by atoms with Crippen molar-refractivity contribution in [3.05, 3.63) is 28.8 Å². The summed E-state index contributed by atoms with van der Waals surface area (Å²) < 4.78 is 12.4. The third-order valence-electron chi connectivity index (χ3n) is 4.24. The Labute approximate surface area is 115 Å². The molecule has 1 aromatic rings. The maximum Gasteiger partial charge on any atom is 0.128 e. The van der Waals surface area contributed by atoms with Crippen molar-refractivity contribution in [1.29, 1.82) is 0 Å². The fourth-order valence-corrected chi connectivity index (χ4v) is 3.40. The van der Waals surface area contributed by atoms with Gasteiger partial charge >= 0.3 is 0 Å². The average molecular weight is 261 g/mol. The topological polar surface area (TPSA) is 30.5 Å². The lowest BCUT2D eigenvalue weighted by molar-refractivity contribution is -0.0358. The van der Waals surface area contributed by atoms with Crippen LogP contribution in [0.5, 0.6) is 5.75 Å². The van der Waals surface area contributed by atoms with Gasteiger partial charge in [0, 0.05) is 31.6 Å². The molecule has 2 unspecified atom stereocenters. The Kier molecular flexibility index (Phi) is 3.27. The molecule has 0 bridgehead atoms. The number of fused-ring (bicyclic) bond motifs is 1. The molecule has 2 atom stereocenters. The summed E-state index contributed by atoms with van der Waals surface area (Å²) in [4.78, 5) is 0. The summed E-state index contributed by atoms with van der Waals surface area (Å²) in [6.07, 6.45) is 2.21. The average Bonchev–Trinajstić information content (AvgIpc) is 2.80. The number of aryl methyl sites for hydroxylation is 2. The van der Waals surface area contributed by atoms with Gasteiger partial charge in [0.15, 0.2) is 0 Å². The van der Waals surface area contributed by atoms with Crippen LogP contribution in [0.15, 0.2) is 12.1 Å². The van der Waals surface area contributed by atoms with E-state index >= 15 is 0 Å². The molecule has 0 amide bonds. The summed E-state index contributed by atoms with van der Waals surface area (Å²) in [7, 11) is 0. The fraction of sp³-hybridized carbons (Fsp3) is 0.625. The Morgan fingerprint density at radius 2 is 2.26 bits per heavy atom. The largest absolute Gasteiger partial charge is 0.485 e. The second-order valence-corrected chi connectivity index (χ2v) is 5.86. The highest BCUT2D eigenvalue weighted by Crippen LogP contribution is 2.45. The first-order valence-electron chi connectivity index (χ1n) is 7.26. The van der Waals surface area contributed by atoms with Gasteiger partial charge in [-0.1, -0.05) is 11.6 Å². The lowest BCUT2D eigenvalue weighted by atomic mass is 9.86.